The van der Waals surface area contributed by atoms with Crippen LogP contribution >= 0.6 is 0 Å². The Morgan fingerprint density at radius 1 is 0.971 bits per heavy atom. The normalized spacial score (nSPS) is 16.6. The maximum Gasteiger partial charge on any atom is 0.456 e. The minimum Gasteiger partial charge on any atom is -0.487 e. The molecule has 0 spiro atoms. The van der Waals surface area contributed by atoms with E-state index in [1.54, 1.807) is 0 Å². The molecule has 0 saturated carbocycles. The molecule has 2 aromatic rings. The summed E-state index contributed by atoms with van der Waals surface area (Å²) in [5.74, 6) is -6.25. The van der Waals surface area contributed by atoms with Crippen molar-refractivity contribution in [1.29, 1.82) is 0 Å². The number of hydrogen-bond donors (Lipinski definition) is 2. The Morgan fingerprint density at radius 2 is 1.47 bits per heavy atom. The fourth-order valence-corrected chi connectivity index (χ4v) is 5.41. The van der Waals surface area contributed by atoms with Gasteiger partial charge in [-0.3, -0.25) is 10.0 Å². The van der Waals surface area contributed by atoms with Crippen molar-refractivity contribution in [2.45, 2.75) is 34.6 Å². The smallest absolute Gasteiger partial charge is 0.456 e. The molecule has 1 saturated heterocycles. The monoisotopic (exact) mass is 509 g/mol. The second-order valence-electron chi connectivity index (χ2n) is 7.59. The number of hydroxylamine groups is 1. The molecule has 2 aromatic carbocycles. The van der Waals surface area contributed by atoms with Gasteiger partial charge in [-0.2, -0.15) is 22.0 Å². The van der Waals surface area contributed by atoms with Crippen molar-refractivity contribution >= 4 is 15.7 Å². The summed E-state index contributed by atoms with van der Waals surface area (Å²) in [6.45, 7) is -1.82. The first-order valence-corrected chi connectivity index (χ1v) is 11.4. The van der Waals surface area contributed by atoms with Crippen molar-refractivity contribution in [1.82, 2.24) is 5.48 Å². The first kappa shape index (κ1) is 25.8. The SMILES string of the molecule is O=C(NO)C1(S(=O)(=O)c2ccc(-c3ccc(OCC(F)(F)C(F)(F)F)cc3)cc2)CCOCC1. The third-order valence-corrected chi connectivity index (χ3v) is 8.03. The lowest BCUT2D eigenvalue weighted by Gasteiger charge is -2.34. The molecule has 0 atom stereocenters. The summed E-state index contributed by atoms with van der Waals surface area (Å²) in [6.07, 6.45) is -6.01. The fourth-order valence-electron chi connectivity index (χ4n) is 3.47. The van der Waals surface area contributed by atoms with Gasteiger partial charge in [-0.1, -0.05) is 24.3 Å². The van der Waals surface area contributed by atoms with E-state index in [0.29, 0.717) is 11.1 Å². The summed E-state index contributed by atoms with van der Waals surface area (Å²) in [5.41, 5.74) is 2.45. The van der Waals surface area contributed by atoms with Crippen LogP contribution in [0.1, 0.15) is 12.8 Å². The highest BCUT2D eigenvalue weighted by Crippen LogP contribution is 2.37. The second kappa shape index (κ2) is 9.47. The molecule has 0 radical (unpaired) electrons. The van der Waals surface area contributed by atoms with Gasteiger partial charge >= 0.3 is 12.1 Å². The maximum atomic E-state index is 13.2. The molecule has 7 nitrogen and oxygen atoms in total. The van der Waals surface area contributed by atoms with E-state index >= 15 is 0 Å². The van der Waals surface area contributed by atoms with E-state index in [1.807, 2.05) is 0 Å². The minimum atomic E-state index is -5.73. The van der Waals surface area contributed by atoms with Crippen LogP contribution in [0.3, 0.4) is 0 Å². The molecule has 1 amide bonds. The van der Waals surface area contributed by atoms with Gasteiger partial charge in [0, 0.05) is 13.2 Å². The Hall–Kier alpha value is -2.77. The number of carbonyl (C=O) groups excluding carboxylic acids is 1. The molecule has 1 aliphatic heterocycles. The van der Waals surface area contributed by atoms with Gasteiger partial charge in [-0.05, 0) is 48.2 Å². The van der Waals surface area contributed by atoms with Crippen LogP contribution in [0.5, 0.6) is 5.75 Å². The van der Waals surface area contributed by atoms with E-state index in [0.717, 1.165) is 0 Å². The zero-order valence-corrected chi connectivity index (χ0v) is 18.3. The summed E-state index contributed by atoms with van der Waals surface area (Å²) in [7, 11) is -4.21. The number of benzene rings is 2. The van der Waals surface area contributed by atoms with Crippen molar-refractivity contribution in [2.75, 3.05) is 19.8 Å². The molecule has 1 aliphatic rings. The van der Waals surface area contributed by atoms with Gasteiger partial charge in [0.25, 0.3) is 5.91 Å². The van der Waals surface area contributed by atoms with E-state index in [2.05, 4.69) is 4.74 Å². The molecule has 0 unspecified atom stereocenters. The number of sulfone groups is 1. The fraction of sp³-hybridized carbons (Fsp3) is 0.381. The van der Waals surface area contributed by atoms with E-state index in [9.17, 15) is 35.2 Å². The third kappa shape index (κ3) is 4.86. The highest BCUT2D eigenvalue weighted by molar-refractivity contribution is 7.93. The molecule has 1 heterocycles. The van der Waals surface area contributed by atoms with Crippen LogP contribution in [0.2, 0.25) is 0 Å². The Balaban J connectivity index is 1.78. The zero-order valence-electron chi connectivity index (χ0n) is 17.4. The summed E-state index contributed by atoms with van der Waals surface area (Å²) in [6, 6.07) is 10.7. The zero-order chi connectivity index (χ0) is 25.2. The number of carbonyl (C=O) groups is 1. The predicted molar refractivity (Wildman–Crippen MR) is 108 cm³/mol. The Kier molecular flexibility index (Phi) is 7.20. The summed E-state index contributed by atoms with van der Waals surface area (Å²) >= 11 is 0. The van der Waals surface area contributed by atoms with Crippen molar-refractivity contribution in [3.05, 3.63) is 48.5 Å². The van der Waals surface area contributed by atoms with Crippen LogP contribution in [0.15, 0.2) is 53.4 Å². The molecule has 0 bridgehead atoms. The number of amides is 1. The number of nitrogens with one attached hydrogen (secondary N) is 1. The summed E-state index contributed by atoms with van der Waals surface area (Å²) in [4.78, 5) is 12.1. The number of hydrogen-bond acceptors (Lipinski definition) is 6. The van der Waals surface area contributed by atoms with Gasteiger partial charge < -0.3 is 9.47 Å². The summed E-state index contributed by atoms with van der Waals surface area (Å²) in [5, 5.41) is 9.09. The molecule has 0 aliphatic carbocycles. The third-order valence-electron chi connectivity index (χ3n) is 5.52. The van der Waals surface area contributed by atoms with Crippen molar-refractivity contribution < 1.29 is 49.8 Å². The van der Waals surface area contributed by atoms with E-state index < -0.39 is 39.2 Å². The Morgan fingerprint density at radius 3 is 1.94 bits per heavy atom. The van der Waals surface area contributed by atoms with E-state index in [1.165, 1.54) is 54.0 Å². The van der Waals surface area contributed by atoms with Crippen molar-refractivity contribution in [2.24, 2.45) is 0 Å². The average Bonchev–Trinajstić information content (AvgIpc) is 2.82. The number of rotatable bonds is 7. The predicted octanol–water partition coefficient (Wildman–Crippen LogP) is 3.76. The second-order valence-corrected chi connectivity index (χ2v) is 9.85. The van der Waals surface area contributed by atoms with Gasteiger partial charge in [0.15, 0.2) is 21.2 Å². The molecule has 0 aromatic heterocycles. The van der Waals surface area contributed by atoms with Crippen molar-refractivity contribution in [3.8, 4) is 16.9 Å². The average molecular weight is 509 g/mol. The van der Waals surface area contributed by atoms with Crippen LogP contribution in [0.4, 0.5) is 22.0 Å². The number of ether oxygens (including phenoxy) is 2. The van der Waals surface area contributed by atoms with Gasteiger partial charge in [0.05, 0.1) is 4.90 Å². The van der Waals surface area contributed by atoms with E-state index in [-0.39, 0.29) is 36.7 Å². The van der Waals surface area contributed by atoms with Gasteiger partial charge in [-0.25, -0.2) is 13.9 Å². The van der Waals surface area contributed by atoms with Crippen LogP contribution in [-0.2, 0) is 19.4 Å². The number of halogens is 5. The topological polar surface area (TPSA) is 102 Å². The standard InChI is InChI=1S/C21H20F5NO6S/c22-20(23,21(24,25)26)13-33-16-5-1-14(2-6-16)15-3-7-17(8-4-15)34(30,31)19(18(28)27-29)9-11-32-12-10-19/h1-8,29H,9-13H2,(H,27,28). The quantitative estimate of drug-likeness (QED) is 0.335. The molecule has 13 heteroatoms. The lowest BCUT2D eigenvalue weighted by atomic mass is 9.98. The summed E-state index contributed by atoms with van der Waals surface area (Å²) < 4.78 is 97.0. The molecule has 2 N–H and O–H groups in total. The van der Waals surface area contributed by atoms with Gasteiger partial charge in [0.1, 0.15) is 5.75 Å². The van der Waals surface area contributed by atoms with Crippen LogP contribution in [0.25, 0.3) is 11.1 Å². The van der Waals surface area contributed by atoms with Crippen LogP contribution in [0, 0.1) is 0 Å². The number of alkyl halides is 5. The highest BCUT2D eigenvalue weighted by atomic mass is 32.2. The lowest BCUT2D eigenvalue weighted by molar-refractivity contribution is -0.290. The first-order valence-electron chi connectivity index (χ1n) is 9.89. The first-order chi connectivity index (χ1) is 15.8. The van der Waals surface area contributed by atoms with Crippen LogP contribution in [-0.4, -0.2) is 56.2 Å². The van der Waals surface area contributed by atoms with E-state index in [4.69, 9.17) is 9.94 Å². The Labute approximate surface area is 191 Å². The largest absolute Gasteiger partial charge is 0.487 e. The van der Waals surface area contributed by atoms with Crippen molar-refractivity contribution in [3.63, 3.8) is 0 Å². The molecular formula is C21H20F5NO6S. The maximum absolute atomic E-state index is 13.2. The lowest BCUT2D eigenvalue weighted by Crippen LogP contribution is -2.54. The molecule has 1 fully saturated rings. The minimum absolute atomic E-state index is 0.0219. The highest BCUT2D eigenvalue weighted by Gasteiger charge is 2.58. The Bertz CT molecular complexity index is 1110. The molecule has 3 rings (SSSR count). The van der Waals surface area contributed by atoms with Gasteiger partial charge in [0.2, 0.25) is 0 Å². The molecule has 34 heavy (non-hydrogen) atoms. The van der Waals surface area contributed by atoms with Crippen LogP contribution < -0.4 is 10.2 Å². The molecule has 186 valence electrons. The molecular weight excluding hydrogens is 489 g/mol. The van der Waals surface area contributed by atoms with Gasteiger partial charge in [-0.15, -0.1) is 0 Å².